The van der Waals surface area contributed by atoms with E-state index in [0.717, 1.165) is 28.1 Å². The van der Waals surface area contributed by atoms with Crippen molar-refractivity contribution in [3.8, 4) is 0 Å². The van der Waals surface area contributed by atoms with Crippen LogP contribution in [0.25, 0.3) is 17.2 Å². The van der Waals surface area contributed by atoms with Crippen molar-refractivity contribution in [1.82, 2.24) is 9.55 Å². The molecule has 0 spiro atoms. The first-order chi connectivity index (χ1) is 12.6. The summed E-state index contributed by atoms with van der Waals surface area (Å²) >= 11 is 0. The summed E-state index contributed by atoms with van der Waals surface area (Å²) in [6.07, 6.45) is 2.26. The number of benzene rings is 2. The Balaban J connectivity index is 1.74. The van der Waals surface area contributed by atoms with Crippen LogP contribution in [-0.4, -0.2) is 22.0 Å². The van der Waals surface area contributed by atoms with Crippen molar-refractivity contribution in [3.05, 3.63) is 71.7 Å². The Morgan fingerprint density at radius 1 is 1.23 bits per heavy atom. The molecule has 26 heavy (non-hydrogen) atoms. The molecule has 2 heterocycles. The molecule has 4 heteroatoms. The average molecular weight is 343 g/mol. The molecule has 0 bridgehead atoms. The van der Waals surface area contributed by atoms with Gasteiger partial charge in [-0.25, -0.2) is 4.98 Å². The third-order valence-corrected chi connectivity index (χ3v) is 4.98. The Bertz CT molecular complexity index is 1060. The highest BCUT2D eigenvalue weighted by Gasteiger charge is 2.35. The molecule has 1 unspecified atom stereocenters. The van der Waals surface area contributed by atoms with Crippen molar-refractivity contribution in [3.63, 3.8) is 0 Å². The van der Waals surface area contributed by atoms with Gasteiger partial charge < -0.3 is 4.90 Å². The van der Waals surface area contributed by atoms with E-state index in [4.69, 9.17) is 4.98 Å². The minimum Gasteiger partial charge on any atom is -0.311 e. The maximum absolute atomic E-state index is 12.7. The average Bonchev–Trinajstić information content (AvgIpc) is 3.17. The lowest BCUT2D eigenvalue weighted by Crippen LogP contribution is -2.25. The van der Waals surface area contributed by atoms with E-state index in [9.17, 15) is 4.79 Å². The molecule has 0 saturated carbocycles. The van der Waals surface area contributed by atoms with Gasteiger partial charge in [-0.05, 0) is 37.6 Å². The van der Waals surface area contributed by atoms with Crippen molar-refractivity contribution >= 4 is 28.8 Å². The number of para-hydroxylation sites is 2. The maximum atomic E-state index is 12.7. The molecule has 1 amide bonds. The summed E-state index contributed by atoms with van der Waals surface area (Å²) in [5.41, 5.74) is 8.09. The maximum Gasteiger partial charge on any atom is 0.227 e. The molecular formula is C22H21N3O. The van der Waals surface area contributed by atoms with Crippen LogP contribution in [0.5, 0.6) is 0 Å². The molecule has 4 nitrogen and oxygen atoms in total. The Morgan fingerprint density at radius 2 is 2.04 bits per heavy atom. The molecule has 1 atom stereocenters. The number of anilines is 1. The zero-order valence-electron chi connectivity index (χ0n) is 15.1. The molecule has 0 N–H and O–H groups in total. The van der Waals surface area contributed by atoms with Gasteiger partial charge in [0, 0.05) is 24.6 Å². The van der Waals surface area contributed by atoms with E-state index in [0.29, 0.717) is 13.0 Å². The number of aryl methyl sites for hydroxylation is 2. The first-order valence-corrected chi connectivity index (χ1v) is 8.79. The highest BCUT2D eigenvalue weighted by atomic mass is 16.2. The van der Waals surface area contributed by atoms with E-state index in [2.05, 4.69) is 38.3 Å². The number of carbonyl (C=O) groups is 1. The number of imidazole rings is 1. The van der Waals surface area contributed by atoms with Crippen LogP contribution < -0.4 is 4.90 Å². The van der Waals surface area contributed by atoms with Crippen molar-refractivity contribution in [2.45, 2.75) is 26.2 Å². The zero-order chi connectivity index (χ0) is 18.3. The van der Waals surface area contributed by atoms with Gasteiger partial charge in [0.15, 0.2) is 0 Å². The minimum atomic E-state index is 0.0419. The number of rotatable bonds is 3. The van der Waals surface area contributed by atoms with Crippen LogP contribution in [0.4, 0.5) is 5.69 Å². The highest BCUT2D eigenvalue weighted by molar-refractivity contribution is 5.97. The fraction of sp³-hybridized carbons (Fsp3) is 0.227. The van der Waals surface area contributed by atoms with Gasteiger partial charge in [-0.2, -0.15) is 0 Å². The van der Waals surface area contributed by atoms with Crippen molar-refractivity contribution in [2.75, 3.05) is 11.4 Å². The van der Waals surface area contributed by atoms with E-state index < -0.39 is 0 Å². The number of fused-ring (bicyclic) bond motifs is 1. The van der Waals surface area contributed by atoms with Gasteiger partial charge in [-0.15, -0.1) is 5.73 Å². The van der Waals surface area contributed by atoms with Crippen LogP contribution in [0, 0.1) is 13.8 Å². The molecule has 1 aliphatic heterocycles. The summed E-state index contributed by atoms with van der Waals surface area (Å²) < 4.78 is 2.01. The summed E-state index contributed by atoms with van der Waals surface area (Å²) in [6, 6.07) is 14.2. The lowest BCUT2D eigenvalue weighted by molar-refractivity contribution is -0.117. The van der Waals surface area contributed by atoms with Crippen LogP contribution >= 0.6 is 0 Å². The van der Waals surface area contributed by atoms with Gasteiger partial charge in [0.25, 0.3) is 0 Å². The second kappa shape index (κ2) is 6.32. The molecule has 1 saturated heterocycles. The monoisotopic (exact) mass is 343 g/mol. The quantitative estimate of drug-likeness (QED) is 0.660. The molecule has 1 aromatic heterocycles. The first-order valence-electron chi connectivity index (χ1n) is 8.79. The standard InChI is InChI=1S/C22H21N3O/c1-4-11-24-20-8-6-5-7-18(20)23-22(24)17-13-21(26)25(14-17)19-10-9-15(2)12-16(19)3/h5-12,17H,1,13-14H2,2-3H3. The van der Waals surface area contributed by atoms with Gasteiger partial charge in [-0.1, -0.05) is 36.4 Å². The number of carbonyl (C=O) groups excluding carboxylic acids is 1. The van der Waals surface area contributed by atoms with Gasteiger partial charge in [0.05, 0.1) is 17.2 Å². The van der Waals surface area contributed by atoms with Crippen molar-refractivity contribution < 1.29 is 4.79 Å². The predicted octanol–water partition coefficient (Wildman–Crippen LogP) is 4.43. The number of hydrogen-bond donors (Lipinski definition) is 0. The number of amides is 1. The molecule has 4 rings (SSSR count). The van der Waals surface area contributed by atoms with Crippen LogP contribution in [0.2, 0.25) is 0 Å². The molecule has 3 aromatic rings. The molecular weight excluding hydrogens is 322 g/mol. The largest absolute Gasteiger partial charge is 0.311 e. The second-order valence-electron chi connectivity index (χ2n) is 6.86. The van der Waals surface area contributed by atoms with Crippen LogP contribution in [0.15, 0.2) is 54.8 Å². The van der Waals surface area contributed by atoms with Gasteiger partial charge >= 0.3 is 0 Å². The van der Waals surface area contributed by atoms with Crippen LogP contribution in [0.1, 0.15) is 29.3 Å². The molecule has 0 aliphatic carbocycles. The van der Waals surface area contributed by atoms with Crippen LogP contribution in [0.3, 0.4) is 0 Å². The Hall–Kier alpha value is -3.10. The first kappa shape index (κ1) is 16.4. The topological polar surface area (TPSA) is 38.1 Å². The van der Waals surface area contributed by atoms with E-state index in [-0.39, 0.29) is 11.8 Å². The summed E-state index contributed by atoms with van der Waals surface area (Å²) in [5, 5.41) is 0. The molecule has 130 valence electrons. The number of hydrogen-bond acceptors (Lipinski definition) is 2. The molecule has 1 aliphatic rings. The smallest absolute Gasteiger partial charge is 0.227 e. The third-order valence-electron chi connectivity index (χ3n) is 4.98. The number of nitrogens with zero attached hydrogens (tertiary/aromatic N) is 3. The minimum absolute atomic E-state index is 0.0419. The highest BCUT2D eigenvalue weighted by Crippen LogP contribution is 2.34. The third kappa shape index (κ3) is 2.65. The molecule has 2 aromatic carbocycles. The lowest BCUT2D eigenvalue weighted by atomic mass is 10.1. The number of aromatic nitrogens is 2. The second-order valence-corrected chi connectivity index (χ2v) is 6.86. The summed E-state index contributed by atoms with van der Waals surface area (Å²) in [7, 11) is 0. The zero-order valence-corrected chi connectivity index (χ0v) is 15.1. The van der Waals surface area contributed by atoms with Gasteiger partial charge in [-0.3, -0.25) is 9.36 Å². The Labute approximate surface area is 153 Å². The van der Waals surface area contributed by atoms with Gasteiger partial charge in [0.2, 0.25) is 5.91 Å². The van der Waals surface area contributed by atoms with E-state index >= 15 is 0 Å². The normalized spacial score (nSPS) is 16.9. The van der Waals surface area contributed by atoms with E-state index in [1.807, 2.05) is 39.8 Å². The van der Waals surface area contributed by atoms with E-state index in [1.165, 1.54) is 5.56 Å². The molecule has 1 fully saturated rings. The van der Waals surface area contributed by atoms with Crippen molar-refractivity contribution in [2.24, 2.45) is 0 Å². The van der Waals surface area contributed by atoms with E-state index in [1.54, 1.807) is 6.20 Å². The Morgan fingerprint density at radius 3 is 2.81 bits per heavy atom. The fourth-order valence-corrected chi connectivity index (χ4v) is 3.80. The summed E-state index contributed by atoms with van der Waals surface area (Å²) in [6.45, 7) is 8.46. The van der Waals surface area contributed by atoms with Crippen LogP contribution in [-0.2, 0) is 4.79 Å². The summed E-state index contributed by atoms with van der Waals surface area (Å²) in [4.78, 5) is 19.4. The van der Waals surface area contributed by atoms with Crippen molar-refractivity contribution in [1.29, 1.82) is 0 Å². The predicted molar refractivity (Wildman–Crippen MR) is 105 cm³/mol. The fourth-order valence-electron chi connectivity index (χ4n) is 3.80. The van der Waals surface area contributed by atoms with Gasteiger partial charge in [0.1, 0.15) is 5.82 Å². The SMILES string of the molecule is C=C=Cn1c(C2CC(=O)N(c3ccc(C)cc3C)C2)nc2ccccc21. The Kier molecular flexibility index (Phi) is 3.98. The molecule has 0 radical (unpaired) electrons. The summed E-state index contributed by atoms with van der Waals surface area (Å²) in [5.74, 6) is 1.08. The lowest BCUT2D eigenvalue weighted by Gasteiger charge is -2.19.